The highest BCUT2D eigenvalue weighted by Crippen LogP contribution is 2.38. The van der Waals surface area contributed by atoms with Crippen LogP contribution in [-0.4, -0.2) is 55.6 Å². The molecule has 3 aliphatic rings. The molecule has 0 aliphatic carbocycles. The Bertz CT molecular complexity index is 710. The first-order valence-corrected chi connectivity index (χ1v) is 8.65. The lowest BCUT2D eigenvalue weighted by molar-refractivity contribution is -0.117. The molecule has 3 fully saturated rings. The number of benzene rings is 1. The summed E-state index contributed by atoms with van der Waals surface area (Å²) in [4.78, 5) is 39.1. The van der Waals surface area contributed by atoms with Crippen LogP contribution in [0.2, 0.25) is 0 Å². The van der Waals surface area contributed by atoms with Gasteiger partial charge < -0.3 is 9.64 Å². The second-order valence-electron chi connectivity index (χ2n) is 7.12. The van der Waals surface area contributed by atoms with E-state index in [1.54, 1.807) is 24.3 Å². The van der Waals surface area contributed by atoms with E-state index in [1.165, 1.54) is 4.90 Å². The number of ether oxygens (including phenoxy) is 1. The van der Waals surface area contributed by atoms with Gasteiger partial charge in [0, 0.05) is 36.4 Å². The molecule has 1 aromatic rings. The van der Waals surface area contributed by atoms with Crippen molar-refractivity contribution in [3.05, 3.63) is 29.8 Å². The smallest absolute Gasteiger partial charge is 0.329 e. The Hall–Kier alpha value is -2.41. The summed E-state index contributed by atoms with van der Waals surface area (Å²) in [5.74, 6) is -0.304. The van der Waals surface area contributed by atoms with Gasteiger partial charge in [-0.2, -0.15) is 0 Å². The van der Waals surface area contributed by atoms with Crippen molar-refractivity contribution in [1.29, 1.82) is 0 Å². The fourth-order valence-corrected chi connectivity index (χ4v) is 3.97. The van der Waals surface area contributed by atoms with E-state index in [4.69, 9.17) is 4.74 Å². The lowest BCUT2D eigenvalue weighted by Gasteiger charge is -2.39. The van der Waals surface area contributed by atoms with Gasteiger partial charge >= 0.3 is 6.03 Å². The molecular weight excluding hydrogens is 322 g/mol. The van der Waals surface area contributed by atoms with E-state index in [9.17, 15) is 14.4 Å². The normalized spacial score (nSPS) is 26.4. The molecule has 3 heterocycles. The molecule has 0 radical (unpaired) electrons. The third-order valence-electron chi connectivity index (χ3n) is 5.35. The minimum Gasteiger partial charge on any atom is -0.381 e. The van der Waals surface area contributed by atoms with E-state index in [0.717, 1.165) is 45.6 Å². The van der Waals surface area contributed by atoms with Crippen LogP contribution in [0, 0.1) is 5.41 Å². The lowest BCUT2D eigenvalue weighted by Crippen LogP contribution is -2.46. The van der Waals surface area contributed by atoms with Crippen LogP contribution in [0.25, 0.3) is 0 Å². The van der Waals surface area contributed by atoms with Gasteiger partial charge in [0.1, 0.15) is 6.54 Å². The molecule has 7 heteroatoms. The van der Waals surface area contributed by atoms with Crippen LogP contribution in [0.1, 0.15) is 29.6 Å². The summed E-state index contributed by atoms with van der Waals surface area (Å²) < 4.78 is 5.55. The highest BCUT2D eigenvalue weighted by atomic mass is 16.5. The first-order chi connectivity index (χ1) is 12.1. The van der Waals surface area contributed by atoms with Crippen molar-refractivity contribution in [3.63, 3.8) is 0 Å². The number of amides is 4. The maximum atomic E-state index is 12.8. The number of anilines is 1. The van der Waals surface area contributed by atoms with E-state index in [0.29, 0.717) is 11.3 Å². The van der Waals surface area contributed by atoms with Crippen LogP contribution in [0.5, 0.6) is 0 Å². The summed E-state index contributed by atoms with van der Waals surface area (Å²) in [6.45, 7) is 3.06. The number of urea groups is 1. The molecule has 1 aromatic carbocycles. The van der Waals surface area contributed by atoms with Gasteiger partial charge in [-0.25, -0.2) is 4.79 Å². The lowest BCUT2D eigenvalue weighted by atomic mass is 9.79. The monoisotopic (exact) mass is 343 g/mol. The maximum absolute atomic E-state index is 12.8. The van der Waals surface area contributed by atoms with Gasteiger partial charge in [0.2, 0.25) is 5.91 Å². The summed E-state index contributed by atoms with van der Waals surface area (Å²) in [5, 5.41) is 2.24. The van der Waals surface area contributed by atoms with Crippen LogP contribution in [0.3, 0.4) is 0 Å². The van der Waals surface area contributed by atoms with Crippen molar-refractivity contribution in [2.45, 2.75) is 19.3 Å². The molecule has 3 aliphatic heterocycles. The van der Waals surface area contributed by atoms with E-state index in [2.05, 4.69) is 5.32 Å². The summed E-state index contributed by atoms with van der Waals surface area (Å²) in [6.07, 6.45) is 3.14. The number of piperidine rings is 1. The average molecular weight is 343 g/mol. The average Bonchev–Trinajstić information content (AvgIpc) is 3.20. The van der Waals surface area contributed by atoms with Crippen LogP contribution in [0.4, 0.5) is 10.5 Å². The zero-order valence-electron chi connectivity index (χ0n) is 14.0. The zero-order chi connectivity index (χ0) is 17.4. The molecular formula is C18H21N3O4. The zero-order valence-corrected chi connectivity index (χ0v) is 14.0. The number of carbonyl (C=O) groups excluding carboxylic acids is 3. The Morgan fingerprint density at radius 2 is 1.96 bits per heavy atom. The quantitative estimate of drug-likeness (QED) is 0.823. The molecule has 0 aromatic heterocycles. The summed E-state index contributed by atoms with van der Waals surface area (Å²) in [7, 11) is 0. The van der Waals surface area contributed by atoms with E-state index < -0.39 is 6.03 Å². The molecule has 1 N–H and O–H groups in total. The number of imide groups is 1. The van der Waals surface area contributed by atoms with Gasteiger partial charge in [-0.05, 0) is 43.5 Å². The van der Waals surface area contributed by atoms with Crippen molar-refractivity contribution in [2.75, 3.05) is 37.7 Å². The number of nitrogens with one attached hydrogen (secondary N) is 1. The van der Waals surface area contributed by atoms with E-state index in [1.807, 2.05) is 4.90 Å². The highest BCUT2D eigenvalue weighted by Gasteiger charge is 2.40. The second kappa shape index (κ2) is 6.15. The number of carbonyl (C=O) groups is 3. The Balaban J connectivity index is 1.47. The first-order valence-electron chi connectivity index (χ1n) is 8.65. The molecule has 1 atom stereocenters. The SMILES string of the molecule is O=C1CN(c2ccc(C(=O)N3CCCC4(CCOC4)C3)cc2)C(=O)N1. The minimum atomic E-state index is -0.428. The number of nitrogens with zero attached hydrogens (tertiary/aromatic N) is 2. The largest absolute Gasteiger partial charge is 0.381 e. The predicted molar refractivity (Wildman–Crippen MR) is 90.3 cm³/mol. The molecule has 4 rings (SSSR count). The maximum Gasteiger partial charge on any atom is 0.329 e. The van der Waals surface area contributed by atoms with Crippen molar-refractivity contribution in [2.24, 2.45) is 5.41 Å². The van der Waals surface area contributed by atoms with Crippen molar-refractivity contribution in [1.82, 2.24) is 10.2 Å². The van der Waals surface area contributed by atoms with Gasteiger partial charge in [-0.1, -0.05) is 0 Å². The third kappa shape index (κ3) is 3.00. The predicted octanol–water partition coefficient (Wildman–Crippen LogP) is 1.39. The summed E-state index contributed by atoms with van der Waals surface area (Å²) >= 11 is 0. The topological polar surface area (TPSA) is 79.0 Å². The van der Waals surface area contributed by atoms with Gasteiger partial charge in [0.25, 0.3) is 5.91 Å². The standard InChI is InChI=1S/C18H21N3O4/c22-15-10-21(17(24)19-15)14-4-2-13(3-5-14)16(23)20-8-1-6-18(11-20)7-9-25-12-18/h2-5H,1,6-12H2,(H,19,22,24). The molecule has 132 valence electrons. The number of hydrogen-bond donors (Lipinski definition) is 1. The molecule has 0 saturated carbocycles. The number of rotatable bonds is 2. The Kier molecular flexibility index (Phi) is 3.95. The van der Waals surface area contributed by atoms with Crippen LogP contribution in [-0.2, 0) is 9.53 Å². The minimum absolute atomic E-state index is 0.0134. The Labute approximate surface area is 145 Å². The molecule has 1 unspecified atom stereocenters. The summed E-state index contributed by atoms with van der Waals surface area (Å²) in [6, 6.07) is 6.44. The number of hydrogen-bond acceptors (Lipinski definition) is 4. The van der Waals surface area contributed by atoms with E-state index >= 15 is 0 Å². The van der Waals surface area contributed by atoms with E-state index in [-0.39, 0.29) is 23.8 Å². The van der Waals surface area contributed by atoms with Crippen LogP contribution >= 0.6 is 0 Å². The van der Waals surface area contributed by atoms with Crippen molar-refractivity contribution in [3.8, 4) is 0 Å². The Morgan fingerprint density at radius 1 is 1.16 bits per heavy atom. The summed E-state index contributed by atoms with van der Waals surface area (Å²) in [5.41, 5.74) is 1.34. The highest BCUT2D eigenvalue weighted by molar-refractivity contribution is 6.12. The molecule has 25 heavy (non-hydrogen) atoms. The van der Waals surface area contributed by atoms with Gasteiger partial charge in [0.05, 0.1) is 6.61 Å². The van der Waals surface area contributed by atoms with Crippen LogP contribution < -0.4 is 10.2 Å². The van der Waals surface area contributed by atoms with Crippen LogP contribution in [0.15, 0.2) is 24.3 Å². The molecule has 1 spiro atoms. The number of likely N-dealkylation sites (tertiary alicyclic amines) is 1. The fourth-order valence-electron chi connectivity index (χ4n) is 3.97. The Morgan fingerprint density at radius 3 is 2.60 bits per heavy atom. The van der Waals surface area contributed by atoms with Crippen molar-refractivity contribution < 1.29 is 19.1 Å². The van der Waals surface area contributed by atoms with Gasteiger partial charge in [-0.3, -0.25) is 19.8 Å². The van der Waals surface area contributed by atoms with Crippen molar-refractivity contribution >= 4 is 23.5 Å². The molecule has 4 amide bonds. The molecule has 0 bridgehead atoms. The van der Waals surface area contributed by atoms with Gasteiger partial charge in [-0.15, -0.1) is 0 Å². The molecule has 3 saturated heterocycles. The first kappa shape index (κ1) is 16.1. The third-order valence-corrected chi connectivity index (χ3v) is 5.35. The second-order valence-corrected chi connectivity index (χ2v) is 7.12. The fraction of sp³-hybridized carbons (Fsp3) is 0.500. The molecule has 7 nitrogen and oxygen atoms in total. The van der Waals surface area contributed by atoms with Gasteiger partial charge in [0.15, 0.2) is 0 Å².